The van der Waals surface area contributed by atoms with Gasteiger partial charge in [-0.3, -0.25) is 9.59 Å². The molecule has 3 nitrogen and oxygen atoms in total. The molecule has 1 N–H and O–H groups in total. The molecule has 0 saturated carbocycles. The molecule has 3 aromatic rings. The largest absolute Gasteiger partial charge is 0.325 e. The highest BCUT2D eigenvalue weighted by Gasteiger charge is 2.14. The maximum atomic E-state index is 12.4. The molecular weight excluding hydrogens is 342 g/mol. The van der Waals surface area contributed by atoms with Gasteiger partial charge in [-0.2, -0.15) is 0 Å². The minimum absolute atomic E-state index is 0.0159. The summed E-state index contributed by atoms with van der Waals surface area (Å²) >= 11 is 1.61. The van der Waals surface area contributed by atoms with Gasteiger partial charge in [0.2, 0.25) is 5.91 Å². The summed E-state index contributed by atoms with van der Waals surface area (Å²) in [6, 6.07) is 21.6. The second-order valence-electron chi connectivity index (χ2n) is 6.26. The van der Waals surface area contributed by atoms with Gasteiger partial charge in [-0.15, -0.1) is 11.8 Å². The highest BCUT2D eigenvalue weighted by atomic mass is 32.2. The molecule has 0 heterocycles. The third-order valence-electron chi connectivity index (χ3n) is 4.24. The van der Waals surface area contributed by atoms with Crippen molar-refractivity contribution in [1.82, 2.24) is 0 Å². The van der Waals surface area contributed by atoms with Crippen LogP contribution in [0.15, 0.2) is 66.7 Å². The molecule has 3 rings (SSSR count). The Morgan fingerprint density at radius 3 is 2.35 bits per heavy atom. The van der Waals surface area contributed by atoms with Crippen molar-refractivity contribution in [2.45, 2.75) is 24.9 Å². The number of rotatable bonds is 6. The predicted molar refractivity (Wildman–Crippen MR) is 110 cm³/mol. The number of carbonyl (C=O) groups is 2. The number of amides is 1. The van der Waals surface area contributed by atoms with Gasteiger partial charge in [-0.25, -0.2) is 0 Å². The van der Waals surface area contributed by atoms with Crippen LogP contribution in [0.5, 0.6) is 0 Å². The number of thioether (sulfide) groups is 1. The summed E-state index contributed by atoms with van der Waals surface area (Å²) in [5, 5.41) is 5.17. The van der Waals surface area contributed by atoms with Gasteiger partial charge >= 0.3 is 0 Å². The number of hydrogen-bond donors (Lipinski definition) is 1. The van der Waals surface area contributed by atoms with E-state index in [1.165, 1.54) is 23.3 Å². The van der Waals surface area contributed by atoms with Crippen molar-refractivity contribution >= 4 is 39.9 Å². The van der Waals surface area contributed by atoms with E-state index in [-0.39, 0.29) is 16.9 Å². The molecule has 132 valence electrons. The summed E-state index contributed by atoms with van der Waals surface area (Å²) in [6.07, 6.45) is 0. The normalized spacial score (nSPS) is 11.9. The van der Waals surface area contributed by atoms with Crippen LogP contribution in [0.25, 0.3) is 10.8 Å². The lowest BCUT2D eigenvalue weighted by Gasteiger charge is -2.12. The fourth-order valence-corrected chi connectivity index (χ4v) is 3.49. The van der Waals surface area contributed by atoms with E-state index in [0.29, 0.717) is 11.3 Å². The molecule has 0 bridgehead atoms. The monoisotopic (exact) mass is 363 g/mol. The Labute approximate surface area is 157 Å². The lowest BCUT2D eigenvalue weighted by atomic mass is 10.1. The van der Waals surface area contributed by atoms with Crippen molar-refractivity contribution in [2.75, 3.05) is 5.32 Å². The van der Waals surface area contributed by atoms with Crippen LogP contribution in [0.2, 0.25) is 0 Å². The summed E-state index contributed by atoms with van der Waals surface area (Å²) in [7, 11) is 0. The van der Waals surface area contributed by atoms with Crippen LogP contribution >= 0.6 is 11.8 Å². The van der Waals surface area contributed by atoms with Gasteiger partial charge in [0.15, 0.2) is 5.78 Å². The maximum Gasteiger partial charge on any atom is 0.237 e. The predicted octanol–water partition coefficient (Wildman–Crippen LogP) is 5.30. The van der Waals surface area contributed by atoms with E-state index in [0.717, 1.165) is 5.75 Å². The maximum absolute atomic E-state index is 12.4. The van der Waals surface area contributed by atoms with Crippen LogP contribution in [-0.4, -0.2) is 16.9 Å². The molecule has 0 radical (unpaired) electrons. The SMILES string of the molecule is CC(=O)c1ccc(NC(=O)C(C)SCc2ccc3ccccc3c2)cc1. The number of ketones is 1. The zero-order valence-electron chi connectivity index (χ0n) is 14.9. The fraction of sp³-hybridized carbons (Fsp3) is 0.182. The third kappa shape index (κ3) is 4.52. The van der Waals surface area contributed by atoms with E-state index in [1.807, 2.05) is 19.1 Å². The van der Waals surface area contributed by atoms with Gasteiger partial charge in [0.1, 0.15) is 0 Å². The highest BCUT2D eigenvalue weighted by molar-refractivity contribution is 7.99. The van der Waals surface area contributed by atoms with E-state index in [9.17, 15) is 9.59 Å². The zero-order valence-corrected chi connectivity index (χ0v) is 15.7. The van der Waals surface area contributed by atoms with Crippen molar-refractivity contribution < 1.29 is 9.59 Å². The first kappa shape index (κ1) is 18.2. The Morgan fingerprint density at radius 2 is 1.65 bits per heavy atom. The van der Waals surface area contributed by atoms with Crippen LogP contribution in [0.1, 0.15) is 29.8 Å². The van der Waals surface area contributed by atoms with Crippen LogP contribution in [0, 0.1) is 0 Å². The first-order valence-electron chi connectivity index (χ1n) is 8.54. The Morgan fingerprint density at radius 1 is 0.962 bits per heavy atom. The molecule has 4 heteroatoms. The summed E-state index contributed by atoms with van der Waals surface area (Å²) in [5.41, 5.74) is 2.55. The number of fused-ring (bicyclic) bond motifs is 1. The zero-order chi connectivity index (χ0) is 18.5. The molecule has 0 aliphatic heterocycles. The Balaban J connectivity index is 1.57. The molecule has 26 heavy (non-hydrogen) atoms. The molecule has 3 aromatic carbocycles. The van der Waals surface area contributed by atoms with E-state index < -0.39 is 0 Å². The van der Waals surface area contributed by atoms with Crippen molar-refractivity contribution in [2.24, 2.45) is 0 Å². The van der Waals surface area contributed by atoms with E-state index >= 15 is 0 Å². The Hall–Kier alpha value is -2.59. The van der Waals surface area contributed by atoms with E-state index in [1.54, 1.807) is 36.0 Å². The van der Waals surface area contributed by atoms with Crippen molar-refractivity contribution in [3.63, 3.8) is 0 Å². The topological polar surface area (TPSA) is 46.2 Å². The van der Waals surface area contributed by atoms with Gasteiger partial charge in [-0.05, 0) is 54.4 Å². The average molecular weight is 363 g/mol. The number of Topliss-reactive ketones (excluding diaryl/α,β-unsaturated/α-hetero) is 1. The molecule has 1 unspecified atom stereocenters. The van der Waals surface area contributed by atoms with Crippen molar-refractivity contribution in [1.29, 1.82) is 0 Å². The van der Waals surface area contributed by atoms with Crippen molar-refractivity contribution in [3.05, 3.63) is 77.9 Å². The quantitative estimate of drug-likeness (QED) is 0.604. The molecular formula is C22H21NO2S. The molecule has 0 aliphatic carbocycles. The average Bonchev–Trinajstić information content (AvgIpc) is 2.66. The lowest BCUT2D eigenvalue weighted by molar-refractivity contribution is -0.115. The molecule has 0 spiro atoms. The second-order valence-corrected chi connectivity index (χ2v) is 7.59. The smallest absolute Gasteiger partial charge is 0.237 e. The van der Waals surface area contributed by atoms with Gasteiger partial charge in [0.25, 0.3) is 0 Å². The molecule has 0 fully saturated rings. The van der Waals surface area contributed by atoms with Crippen LogP contribution in [0.4, 0.5) is 5.69 Å². The number of benzene rings is 3. The standard InChI is InChI=1S/C22H21NO2S/c1-15(24)18-9-11-21(12-10-18)23-22(25)16(2)26-14-17-7-8-19-5-3-4-6-20(19)13-17/h3-13,16H,14H2,1-2H3,(H,23,25). The van der Waals surface area contributed by atoms with Crippen LogP contribution in [-0.2, 0) is 10.5 Å². The summed E-state index contributed by atoms with van der Waals surface area (Å²) in [4.78, 5) is 23.7. The number of anilines is 1. The van der Waals surface area contributed by atoms with Gasteiger partial charge in [0.05, 0.1) is 5.25 Å². The third-order valence-corrected chi connectivity index (χ3v) is 5.46. The van der Waals surface area contributed by atoms with E-state index in [2.05, 4.69) is 35.6 Å². The number of hydrogen-bond acceptors (Lipinski definition) is 3. The lowest BCUT2D eigenvalue weighted by Crippen LogP contribution is -2.22. The fourth-order valence-electron chi connectivity index (χ4n) is 2.66. The van der Waals surface area contributed by atoms with Gasteiger partial charge < -0.3 is 5.32 Å². The molecule has 0 saturated heterocycles. The second kappa shape index (κ2) is 8.19. The summed E-state index contributed by atoms with van der Waals surface area (Å²) in [6.45, 7) is 3.43. The van der Waals surface area contributed by atoms with Crippen LogP contribution < -0.4 is 5.32 Å². The minimum atomic E-state index is -0.172. The van der Waals surface area contributed by atoms with Crippen LogP contribution in [0.3, 0.4) is 0 Å². The van der Waals surface area contributed by atoms with Gasteiger partial charge in [0, 0.05) is 17.0 Å². The number of carbonyl (C=O) groups excluding carboxylic acids is 2. The summed E-state index contributed by atoms with van der Waals surface area (Å²) in [5.74, 6) is 0.761. The highest BCUT2D eigenvalue weighted by Crippen LogP contribution is 2.23. The van der Waals surface area contributed by atoms with Gasteiger partial charge in [-0.1, -0.05) is 42.5 Å². The van der Waals surface area contributed by atoms with Crippen molar-refractivity contribution in [3.8, 4) is 0 Å². The molecule has 0 aliphatic rings. The summed E-state index contributed by atoms with van der Waals surface area (Å²) < 4.78 is 0. The molecule has 0 aromatic heterocycles. The molecule has 1 amide bonds. The Bertz CT molecular complexity index is 934. The minimum Gasteiger partial charge on any atom is -0.325 e. The first-order chi connectivity index (χ1) is 12.5. The molecule has 1 atom stereocenters. The number of nitrogens with one attached hydrogen (secondary N) is 1. The van der Waals surface area contributed by atoms with E-state index in [4.69, 9.17) is 0 Å². The Kier molecular flexibility index (Phi) is 5.74. The first-order valence-corrected chi connectivity index (χ1v) is 9.59.